The van der Waals surface area contributed by atoms with Crippen LogP contribution in [0, 0.1) is 0 Å². The summed E-state index contributed by atoms with van der Waals surface area (Å²) in [5.74, 6) is -2.51. The van der Waals surface area contributed by atoms with Gasteiger partial charge >= 0.3 is 11.9 Å². The molecule has 0 aliphatic heterocycles. The van der Waals surface area contributed by atoms with Crippen LogP contribution in [0.15, 0.2) is 60.1 Å². The fourth-order valence-electron chi connectivity index (χ4n) is 2.43. The Morgan fingerprint density at radius 2 is 1.10 bits per heavy atom. The predicted molar refractivity (Wildman–Crippen MR) is 119 cm³/mol. The Kier molecular flexibility index (Phi) is 17.8. The first-order chi connectivity index (χ1) is 14.5. The predicted octanol–water partition coefficient (Wildman–Crippen LogP) is 5.79. The van der Waals surface area contributed by atoms with Crippen molar-refractivity contribution in [2.24, 2.45) is 0 Å². The topological polar surface area (TPSA) is 93.1 Å². The molecule has 0 saturated heterocycles. The second-order valence-electron chi connectivity index (χ2n) is 6.61. The van der Waals surface area contributed by atoms with E-state index in [9.17, 15) is 19.8 Å². The van der Waals surface area contributed by atoms with Gasteiger partial charge in [0.2, 0.25) is 0 Å². The highest BCUT2D eigenvalue weighted by molar-refractivity contribution is 5.98. The minimum absolute atomic E-state index is 0.00311. The number of carbonyl (C=O) groups is 2. The van der Waals surface area contributed by atoms with Gasteiger partial charge in [0, 0.05) is 12.8 Å². The molecule has 0 aromatic heterocycles. The summed E-state index contributed by atoms with van der Waals surface area (Å²) in [6, 6.07) is 0. The molecular formula is C24H36O6. The molecule has 0 spiro atoms. The highest BCUT2D eigenvalue weighted by Crippen LogP contribution is 2.15. The van der Waals surface area contributed by atoms with Crippen molar-refractivity contribution < 1.29 is 29.3 Å². The van der Waals surface area contributed by atoms with E-state index in [4.69, 9.17) is 9.47 Å². The second kappa shape index (κ2) is 19.6. The molecule has 0 radical (unpaired) electrons. The smallest absolute Gasteiger partial charge is 0.332 e. The van der Waals surface area contributed by atoms with Crippen LogP contribution in [0.2, 0.25) is 0 Å². The number of ether oxygens (including phenoxy) is 2. The van der Waals surface area contributed by atoms with E-state index in [0.717, 1.165) is 38.5 Å². The summed E-state index contributed by atoms with van der Waals surface area (Å²) in [5.41, 5.74) is -0.331. The zero-order valence-electron chi connectivity index (χ0n) is 18.2. The van der Waals surface area contributed by atoms with Crippen molar-refractivity contribution in [3.63, 3.8) is 0 Å². The first-order valence-corrected chi connectivity index (χ1v) is 10.6. The summed E-state index contributed by atoms with van der Waals surface area (Å²) in [4.78, 5) is 23.0. The molecule has 2 N–H and O–H groups in total. The van der Waals surface area contributed by atoms with Crippen molar-refractivity contribution in [3.05, 3.63) is 60.1 Å². The highest BCUT2D eigenvalue weighted by Gasteiger charge is 2.19. The van der Waals surface area contributed by atoms with E-state index in [2.05, 4.69) is 13.8 Å². The molecule has 6 nitrogen and oxygen atoms in total. The molecule has 0 aromatic carbocycles. The van der Waals surface area contributed by atoms with Gasteiger partial charge in [0.25, 0.3) is 0 Å². The Hall–Kier alpha value is -2.76. The molecule has 0 saturated carbocycles. The molecule has 30 heavy (non-hydrogen) atoms. The van der Waals surface area contributed by atoms with Gasteiger partial charge in [-0.1, -0.05) is 63.8 Å². The normalized spacial score (nSPS) is 12.9. The minimum atomic E-state index is -1.26. The van der Waals surface area contributed by atoms with Crippen LogP contribution < -0.4 is 0 Å². The van der Waals surface area contributed by atoms with Crippen molar-refractivity contribution >= 4 is 11.9 Å². The summed E-state index contributed by atoms with van der Waals surface area (Å²) in [5, 5.41) is 18.8. The van der Waals surface area contributed by atoms with Crippen LogP contribution in [-0.4, -0.2) is 35.4 Å². The average molecular weight is 421 g/mol. The number of hydrogen-bond donors (Lipinski definition) is 2. The molecule has 0 bridgehead atoms. The standard InChI is InChI=1S/C24H36O6/c1-3-5-7-9-11-13-17-29-19-15-21(23(25)26)22(24(27)28)16-20-30-18-14-12-10-8-6-4-2/h9-14,17-18H,3-8,15-16,19-20H2,1-2H3,(H,25,26)(H,27,28). The number of hydrogen-bond acceptors (Lipinski definition) is 4. The molecule has 0 aliphatic carbocycles. The molecule has 0 fully saturated rings. The van der Waals surface area contributed by atoms with E-state index in [0.29, 0.717) is 0 Å². The summed E-state index contributed by atoms with van der Waals surface area (Å²) < 4.78 is 10.6. The fraction of sp³-hybridized carbons (Fsp3) is 0.500. The first-order valence-electron chi connectivity index (χ1n) is 10.6. The lowest BCUT2D eigenvalue weighted by Gasteiger charge is -2.09. The molecule has 0 atom stereocenters. The van der Waals surface area contributed by atoms with E-state index >= 15 is 0 Å². The maximum atomic E-state index is 11.5. The molecule has 0 unspecified atom stereocenters. The molecular weight excluding hydrogens is 384 g/mol. The quantitative estimate of drug-likeness (QED) is 0.126. The Balaban J connectivity index is 4.55. The number of allylic oxidation sites excluding steroid dienone is 6. The largest absolute Gasteiger partial charge is 0.501 e. The Labute approximate surface area is 180 Å². The average Bonchev–Trinajstić information content (AvgIpc) is 2.71. The van der Waals surface area contributed by atoms with E-state index in [-0.39, 0.29) is 37.2 Å². The third-order valence-corrected chi connectivity index (χ3v) is 4.11. The molecule has 168 valence electrons. The Morgan fingerprint density at radius 3 is 1.43 bits per heavy atom. The van der Waals surface area contributed by atoms with Crippen LogP contribution >= 0.6 is 0 Å². The number of carboxylic acids is 2. The van der Waals surface area contributed by atoms with E-state index in [1.807, 2.05) is 24.3 Å². The summed E-state index contributed by atoms with van der Waals surface area (Å²) in [6.45, 7) is 4.42. The minimum Gasteiger partial charge on any atom is -0.501 e. The Morgan fingerprint density at radius 1 is 0.700 bits per heavy atom. The zero-order valence-corrected chi connectivity index (χ0v) is 18.2. The molecule has 0 aromatic rings. The SMILES string of the molecule is CCCCC=CC=COCCC(C(=O)O)=C(CCOC=CC=CCCCC)C(=O)O. The Bertz CT molecular complexity index is 572. The molecule has 0 heterocycles. The first kappa shape index (κ1) is 27.2. The third kappa shape index (κ3) is 15.2. The fourth-order valence-corrected chi connectivity index (χ4v) is 2.43. The van der Waals surface area contributed by atoms with Crippen molar-refractivity contribution in [1.29, 1.82) is 0 Å². The van der Waals surface area contributed by atoms with E-state index < -0.39 is 11.9 Å². The van der Waals surface area contributed by atoms with Gasteiger partial charge in [-0.15, -0.1) is 0 Å². The van der Waals surface area contributed by atoms with Crippen molar-refractivity contribution in [3.8, 4) is 0 Å². The van der Waals surface area contributed by atoms with Gasteiger partial charge in [0.15, 0.2) is 0 Å². The summed E-state index contributed by atoms with van der Waals surface area (Å²) >= 11 is 0. The zero-order chi connectivity index (χ0) is 22.5. The maximum Gasteiger partial charge on any atom is 0.332 e. The van der Waals surface area contributed by atoms with Gasteiger partial charge < -0.3 is 19.7 Å². The van der Waals surface area contributed by atoms with Crippen LogP contribution in [0.1, 0.15) is 65.2 Å². The summed E-state index contributed by atoms with van der Waals surface area (Å²) in [6.07, 6.45) is 20.8. The van der Waals surface area contributed by atoms with Gasteiger partial charge in [-0.2, -0.15) is 0 Å². The monoisotopic (exact) mass is 420 g/mol. The molecule has 0 aliphatic rings. The van der Waals surface area contributed by atoms with Crippen molar-refractivity contribution in [2.75, 3.05) is 13.2 Å². The van der Waals surface area contributed by atoms with Crippen LogP contribution in [0.25, 0.3) is 0 Å². The van der Waals surface area contributed by atoms with Gasteiger partial charge in [-0.3, -0.25) is 0 Å². The molecule has 0 rings (SSSR count). The number of carboxylic acid groups (broad SMARTS) is 2. The molecule has 0 amide bonds. The lowest BCUT2D eigenvalue weighted by molar-refractivity contribution is -0.136. The maximum absolute atomic E-state index is 11.5. The van der Waals surface area contributed by atoms with E-state index in [1.54, 1.807) is 12.2 Å². The van der Waals surface area contributed by atoms with Crippen molar-refractivity contribution in [2.45, 2.75) is 65.2 Å². The third-order valence-electron chi connectivity index (χ3n) is 4.11. The van der Waals surface area contributed by atoms with Gasteiger partial charge in [-0.05, 0) is 25.0 Å². The molecule has 6 heteroatoms. The number of aliphatic carboxylic acids is 2. The lowest BCUT2D eigenvalue weighted by atomic mass is 10.0. The van der Waals surface area contributed by atoms with Gasteiger partial charge in [-0.25, -0.2) is 9.59 Å². The number of rotatable bonds is 18. The summed E-state index contributed by atoms with van der Waals surface area (Å²) in [7, 11) is 0. The highest BCUT2D eigenvalue weighted by atomic mass is 16.5. The van der Waals surface area contributed by atoms with Crippen LogP contribution in [0.3, 0.4) is 0 Å². The van der Waals surface area contributed by atoms with Crippen LogP contribution in [-0.2, 0) is 19.1 Å². The second-order valence-corrected chi connectivity index (χ2v) is 6.61. The van der Waals surface area contributed by atoms with Crippen LogP contribution in [0.5, 0.6) is 0 Å². The van der Waals surface area contributed by atoms with Gasteiger partial charge in [0.05, 0.1) is 36.9 Å². The van der Waals surface area contributed by atoms with Crippen molar-refractivity contribution in [1.82, 2.24) is 0 Å². The van der Waals surface area contributed by atoms with Crippen LogP contribution in [0.4, 0.5) is 0 Å². The number of unbranched alkanes of at least 4 members (excludes halogenated alkanes) is 4. The lowest BCUT2D eigenvalue weighted by Crippen LogP contribution is -2.14. The van der Waals surface area contributed by atoms with E-state index in [1.165, 1.54) is 12.5 Å². The van der Waals surface area contributed by atoms with Gasteiger partial charge in [0.1, 0.15) is 0 Å².